The number of fused-ring (bicyclic) bond motifs is 1. The molecule has 0 saturated carbocycles. The average Bonchev–Trinajstić information content (AvgIpc) is 3.30. The zero-order valence-electron chi connectivity index (χ0n) is 14.5. The molecule has 7 heteroatoms. The van der Waals surface area contributed by atoms with Crippen molar-refractivity contribution in [3.63, 3.8) is 0 Å². The quantitative estimate of drug-likeness (QED) is 0.562. The van der Waals surface area contributed by atoms with E-state index >= 15 is 0 Å². The van der Waals surface area contributed by atoms with Crippen molar-refractivity contribution in [3.8, 4) is 11.4 Å². The molecule has 0 spiro atoms. The minimum Gasteiger partial charge on any atom is -0.497 e. The normalized spacial score (nSPS) is 10.9. The fourth-order valence-corrected chi connectivity index (χ4v) is 3.04. The molecule has 0 radical (unpaired) electrons. The minimum absolute atomic E-state index is 0.0554. The second kappa shape index (κ2) is 7.17. The van der Waals surface area contributed by atoms with Gasteiger partial charge in [-0.05, 0) is 66.2 Å². The summed E-state index contributed by atoms with van der Waals surface area (Å²) in [7, 11) is 1.63. The van der Waals surface area contributed by atoms with E-state index in [1.807, 2.05) is 47.2 Å². The number of carbonyl (C=O) groups is 1. The van der Waals surface area contributed by atoms with Crippen molar-refractivity contribution in [2.45, 2.75) is 6.54 Å². The van der Waals surface area contributed by atoms with E-state index in [0.29, 0.717) is 23.2 Å². The molecule has 4 aromatic rings. The molecule has 0 fully saturated rings. The summed E-state index contributed by atoms with van der Waals surface area (Å²) in [5.41, 5.74) is 3.53. The van der Waals surface area contributed by atoms with Gasteiger partial charge >= 0.3 is 0 Å². The molecule has 0 aliphatic carbocycles. The first-order valence-corrected chi connectivity index (χ1v) is 8.67. The van der Waals surface area contributed by atoms with Crippen molar-refractivity contribution >= 4 is 28.6 Å². The molecule has 0 aliphatic rings. The van der Waals surface area contributed by atoms with Gasteiger partial charge in [-0.3, -0.25) is 4.79 Å². The maximum Gasteiger partial charge on any atom is 0.293 e. The summed E-state index contributed by atoms with van der Waals surface area (Å²) >= 11 is 5.75. The molecule has 6 nitrogen and oxygen atoms in total. The number of amides is 1. The molecule has 0 aliphatic heterocycles. The van der Waals surface area contributed by atoms with Crippen molar-refractivity contribution in [2.24, 2.45) is 0 Å². The molecule has 4 rings (SSSR count). The molecule has 1 amide bonds. The van der Waals surface area contributed by atoms with E-state index in [2.05, 4.69) is 10.3 Å². The van der Waals surface area contributed by atoms with E-state index in [-0.39, 0.29) is 11.3 Å². The van der Waals surface area contributed by atoms with Gasteiger partial charge in [0.05, 0.1) is 13.7 Å². The van der Waals surface area contributed by atoms with Crippen LogP contribution in [0.25, 0.3) is 16.8 Å². The molecule has 2 aromatic heterocycles. The average molecular weight is 382 g/mol. The third-order valence-corrected chi connectivity index (χ3v) is 4.40. The van der Waals surface area contributed by atoms with Crippen molar-refractivity contribution in [1.82, 2.24) is 14.9 Å². The molecule has 0 atom stereocenters. The zero-order chi connectivity index (χ0) is 18.8. The summed E-state index contributed by atoms with van der Waals surface area (Å²) in [6.07, 6.45) is 1.95. The number of ether oxygens (including phenoxy) is 1. The predicted molar refractivity (Wildman–Crippen MR) is 103 cm³/mol. The van der Waals surface area contributed by atoms with Crippen LogP contribution in [0.1, 0.15) is 16.1 Å². The van der Waals surface area contributed by atoms with Crippen molar-refractivity contribution in [1.29, 1.82) is 0 Å². The Morgan fingerprint density at radius 3 is 2.81 bits per heavy atom. The smallest absolute Gasteiger partial charge is 0.293 e. The standard InChI is InChI=1S/C20H16ClN3O3/c1-26-16-7-5-14(6-8-16)24-10-2-3-15(24)12-22-19(25)13-4-9-17-18(11-13)27-20(21)23-17/h2-11H,12H2,1H3,(H,22,25). The Balaban J connectivity index is 1.49. The number of hydrogen-bond donors (Lipinski definition) is 1. The third-order valence-electron chi connectivity index (χ3n) is 4.24. The fourth-order valence-electron chi connectivity index (χ4n) is 2.87. The van der Waals surface area contributed by atoms with E-state index < -0.39 is 0 Å². The highest BCUT2D eigenvalue weighted by Crippen LogP contribution is 2.20. The molecule has 0 bridgehead atoms. The van der Waals surface area contributed by atoms with Gasteiger partial charge in [-0.15, -0.1) is 0 Å². The highest BCUT2D eigenvalue weighted by atomic mass is 35.5. The van der Waals surface area contributed by atoms with Crippen molar-refractivity contribution in [3.05, 3.63) is 77.4 Å². The summed E-state index contributed by atoms with van der Waals surface area (Å²) in [5, 5.41) is 2.98. The molecule has 0 unspecified atom stereocenters. The predicted octanol–water partition coefficient (Wildman–Crippen LogP) is 4.21. The number of carbonyl (C=O) groups excluding carboxylic acids is 1. The molecule has 2 heterocycles. The van der Waals surface area contributed by atoms with Crippen LogP contribution in [0.3, 0.4) is 0 Å². The molecule has 2 aromatic carbocycles. The lowest BCUT2D eigenvalue weighted by molar-refractivity contribution is 0.0950. The van der Waals surface area contributed by atoms with E-state index in [1.54, 1.807) is 25.3 Å². The summed E-state index contributed by atoms with van der Waals surface area (Å²) in [4.78, 5) is 16.5. The lowest BCUT2D eigenvalue weighted by Gasteiger charge is -2.11. The van der Waals surface area contributed by atoms with Gasteiger partial charge in [0, 0.05) is 23.1 Å². The molecule has 27 heavy (non-hydrogen) atoms. The Labute approximate surface area is 160 Å². The van der Waals surface area contributed by atoms with Gasteiger partial charge in [-0.1, -0.05) is 0 Å². The van der Waals surface area contributed by atoms with Gasteiger partial charge < -0.3 is 19.0 Å². The first kappa shape index (κ1) is 17.2. The van der Waals surface area contributed by atoms with Crippen LogP contribution in [0, 0.1) is 0 Å². The van der Waals surface area contributed by atoms with Crippen LogP contribution in [0.15, 0.2) is 65.2 Å². The van der Waals surface area contributed by atoms with Crippen LogP contribution in [0.4, 0.5) is 0 Å². The fraction of sp³-hybridized carbons (Fsp3) is 0.100. The summed E-state index contributed by atoms with van der Waals surface area (Å²) < 4.78 is 12.5. The largest absolute Gasteiger partial charge is 0.497 e. The van der Waals surface area contributed by atoms with E-state index in [1.165, 1.54) is 0 Å². The molecule has 1 N–H and O–H groups in total. The Kier molecular flexibility index (Phi) is 4.56. The Morgan fingerprint density at radius 1 is 1.22 bits per heavy atom. The highest BCUT2D eigenvalue weighted by Gasteiger charge is 2.11. The number of nitrogens with zero attached hydrogens (tertiary/aromatic N) is 2. The van der Waals surface area contributed by atoms with E-state index in [0.717, 1.165) is 17.1 Å². The number of nitrogens with one attached hydrogen (secondary N) is 1. The van der Waals surface area contributed by atoms with Crippen LogP contribution in [0.2, 0.25) is 5.35 Å². The van der Waals surface area contributed by atoms with E-state index in [4.69, 9.17) is 20.8 Å². The van der Waals surface area contributed by atoms with Crippen LogP contribution < -0.4 is 10.1 Å². The van der Waals surface area contributed by atoms with Gasteiger partial charge in [0.2, 0.25) is 0 Å². The van der Waals surface area contributed by atoms with Gasteiger partial charge in [0.1, 0.15) is 11.3 Å². The number of rotatable bonds is 5. The highest BCUT2D eigenvalue weighted by molar-refractivity contribution is 6.28. The lowest BCUT2D eigenvalue weighted by atomic mass is 10.2. The van der Waals surface area contributed by atoms with Crippen LogP contribution in [-0.2, 0) is 6.54 Å². The van der Waals surface area contributed by atoms with Gasteiger partial charge in [0.15, 0.2) is 5.58 Å². The number of benzene rings is 2. The summed E-state index contributed by atoms with van der Waals surface area (Å²) in [6, 6.07) is 16.7. The third kappa shape index (κ3) is 3.52. The van der Waals surface area contributed by atoms with Gasteiger partial charge in [0.25, 0.3) is 11.3 Å². The SMILES string of the molecule is COc1ccc(-n2cccc2CNC(=O)c2ccc3nc(Cl)oc3c2)cc1. The lowest BCUT2D eigenvalue weighted by Crippen LogP contribution is -2.23. The number of oxazole rings is 1. The molecular formula is C20H16ClN3O3. The zero-order valence-corrected chi connectivity index (χ0v) is 15.2. The number of methoxy groups -OCH3 is 1. The molecular weight excluding hydrogens is 366 g/mol. The molecule has 136 valence electrons. The second-order valence-corrected chi connectivity index (χ2v) is 6.22. The van der Waals surface area contributed by atoms with Gasteiger partial charge in [-0.2, -0.15) is 4.98 Å². The minimum atomic E-state index is -0.202. The van der Waals surface area contributed by atoms with Crippen molar-refractivity contribution < 1.29 is 13.9 Å². The number of hydrogen-bond acceptors (Lipinski definition) is 4. The van der Waals surface area contributed by atoms with Gasteiger partial charge in [-0.25, -0.2) is 0 Å². The summed E-state index contributed by atoms with van der Waals surface area (Å²) in [5.74, 6) is 0.593. The Hall–Kier alpha value is -3.25. The first-order chi connectivity index (χ1) is 13.1. The topological polar surface area (TPSA) is 69.3 Å². The van der Waals surface area contributed by atoms with Crippen LogP contribution in [-0.4, -0.2) is 22.6 Å². The maximum absolute atomic E-state index is 12.5. The maximum atomic E-state index is 12.5. The first-order valence-electron chi connectivity index (χ1n) is 8.29. The number of halogens is 1. The Bertz CT molecular complexity index is 1100. The number of aromatic nitrogens is 2. The van der Waals surface area contributed by atoms with Crippen LogP contribution in [0.5, 0.6) is 5.75 Å². The Morgan fingerprint density at radius 2 is 2.04 bits per heavy atom. The summed E-state index contributed by atoms with van der Waals surface area (Å²) in [6.45, 7) is 0.382. The molecule has 0 saturated heterocycles. The van der Waals surface area contributed by atoms with E-state index in [9.17, 15) is 4.79 Å². The second-order valence-electron chi connectivity index (χ2n) is 5.90. The van der Waals surface area contributed by atoms with Crippen molar-refractivity contribution in [2.75, 3.05) is 7.11 Å². The monoisotopic (exact) mass is 381 g/mol. The van der Waals surface area contributed by atoms with Crippen LogP contribution >= 0.6 is 11.6 Å².